The second-order valence-electron chi connectivity index (χ2n) is 7.20. The van der Waals surface area contributed by atoms with Crippen LogP contribution < -0.4 is 5.32 Å². The van der Waals surface area contributed by atoms with Crippen LogP contribution >= 0.6 is 0 Å². The van der Waals surface area contributed by atoms with Crippen LogP contribution in [0.1, 0.15) is 37.7 Å². The minimum Gasteiger partial charge on any atom is -0.381 e. The van der Waals surface area contributed by atoms with Crippen molar-refractivity contribution in [1.29, 1.82) is 0 Å². The van der Waals surface area contributed by atoms with Crippen molar-refractivity contribution in [2.45, 2.75) is 38.6 Å². The number of carbonyl (C=O) groups is 1. The van der Waals surface area contributed by atoms with E-state index in [9.17, 15) is 4.79 Å². The van der Waals surface area contributed by atoms with E-state index in [4.69, 9.17) is 4.74 Å². The zero-order valence-electron chi connectivity index (χ0n) is 14.6. The largest absolute Gasteiger partial charge is 0.381 e. The normalized spacial score (nSPS) is 23.1. The van der Waals surface area contributed by atoms with Crippen molar-refractivity contribution < 1.29 is 9.53 Å². The molecule has 2 aliphatic heterocycles. The molecule has 1 aromatic carbocycles. The van der Waals surface area contributed by atoms with E-state index >= 15 is 0 Å². The van der Waals surface area contributed by atoms with Gasteiger partial charge in [0.1, 0.15) is 0 Å². The molecule has 2 aliphatic rings. The van der Waals surface area contributed by atoms with E-state index in [1.54, 1.807) is 0 Å². The van der Waals surface area contributed by atoms with Gasteiger partial charge in [0, 0.05) is 38.8 Å². The highest BCUT2D eigenvalue weighted by Gasteiger charge is 2.23. The molecule has 0 aromatic heterocycles. The maximum absolute atomic E-state index is 12.2. The first-order valence-electron chi connectivity index (χ1n) is 9.43. The van der Waals surface area contributed by atoms with Crippen molar-refractivity contribution in [2.24, 2.45) is 11.8 Å². The maximum Gasteiger partial charge on any atom is 0.223 e. The Bertz CT molecular complexity index is 500. The van der Waals surface area contributed by atoms with E-state index in [0.717, 1.165) is 52.1 Å². The van der Waals surface area contributed by atoms with Gasteiger partial charge in [-0.15, -0.1) is 0 Å². The molecule has 2 saturated heterocycles. The zero-order valence-corrected chi connectivity index (χ0v) is 14.6. The molecule has 4 nitrogen and oxygen atoms in total. The van der Waals surface area contributed by atoms with Gasteiger partial charge in [0.2, 0.25) is 5.91 Å². The van der Waals surface area contributed by atoms with Crippen LogP contribution in [-0.4, -0.2) is 43.7 Å². The van der Waals surface area contributed by atoms with Crippen LogP contribution in [0.4, 0.5) is 0 Å². The number of likely N-dealkylation sites (tertiary alicyclic amines) is 1. The van der Waals surface area contributed by atoms with E-state index in [-0.39, 0.29) is 11.8 Å². The number of hydrogen-bond donors (Lipinski definition) is 1. The van der Waals surface area contributed by atoms with Crippen molar-refractivity contribution in [3.8, 4) is 0 Å². The molecule has 3 rings (SSSR count). The highest BCUT2D eigenvalue weighted by molar-refractivity contribution is 5.78. The topological polar surface area (TPSA) is 41.6 Å². The fourth-order valence-corrected chi connectivity index (χ4v) is 3.88. The Morgan fingerprint density at radius 1 is 1.17 bits per heavy atom. The summed E-state index contributed by atoms with van der Waals surface area (Å²) in [6, 6.07) is 10.7. The SMILES string of the molecule is O=C(NCCC1CCCN(Cc2ccccc2)C1)C1CCOCC1. The Hall–Kier alpha value is -1.39. The maximum atomic E-state index is 12.2. The molecule has 2 heterocycles. The smallest absolute Gasteiger partial charge is 0.223 e. The Labute approximate surface area is 145 Å². The van der Waals surface area contributed by atoms with Crippen LogP contribution in [0.2, 0.25) is 0 Å². The van der Waals surface area contributed by atoms with Gasteiger partial charge in [-0.3, -0.25) is 9.69 Å². The average molecular weight is 330 g/mol. The molecule has 2 fully saturated rings. The van der Waals surface area contributed by atoms with Crippen molar-refractivity contribution in [1.82, 2.24) is 10.2 Å². The lowest BCUT2D eigenvalue weighted by molar-refractivity contribution is -0.127. The first-order chi connectivity index (χ1) is 11.8. The van der Waals surface area contributed by atoms with Crippen LogP contribution in [-0.2, 0) is 16.1 Å². The number of carbonyl (C=O) groups excluding carboxylic acids is 1. The van der Waals surface area contributed by atoms with Gasteiger partial charge in [-0.05, 0) is 50.1 Å². The lowest BCUT2D eigenvalue weighted by Gasteiger charge is -2.33. The monoisotopic (exact) mass is 330 g/mol. The molecule has 1 atom stereocenters. The van der Waals surface area contributed by atoms with E-state index < -0.39 is 0 Å². The molecule has 0 saturated carbocycles. The summed E-state index contributed by atoms with van der Waals surface area (Å²) in [6.07, 6.45) is 5.41. The summed E-state index contributed by atoms with van der Waals surface area (Å²) in [5, 5.41) is 3.15. The number of nitrogens with one attached hydrogen (secondary N) is 1. The molecule has 1 aromatic rings. The van der Waals surface area contributed by atoms with E-state index in [1.165, 1.54) is 24.9 Å². The number of ether oxygens (including phenoxy) is 1. The summed E-state index contributed by atoms with van der Waals surface area (Å²) in [6.45, 7) is 5.68. The second-order valence-corrected chi connectivity index (χ2v) is 7.20. The molecule has 0 spiro atoms. The number of nitrogens with zero attached hydrogens (tertiary/aromatic N) is 1. The van der Waals surface area contributed by atoms with Crippen LogP contribution in [0.15, 0.2) is 30.3 Å². The van der Waals surface area contributed by atoms with Gasteiger partial charge in [0.25, 0.3) is 0 Å². The van der Waals surface area contributed by atoms with E-state index in [0.29, 0.717) is 5.92 Å². The number of amides is 1. The molecule has 1 amide bonds. The first kappa shape index (κ1) is 17.4. The van der Waals surface area contributed by atoms with Gasteiger partial charge in [0.15, 0.2) is 0 Å². The first-order valence-corrected chi connectivity index (χ1v) is 9.43. The lowest BCUT2D eigenvalue weighted by Crippen LogP contribution is -2.38. The standard InChI is InChI=1S/C20H30N2O2/c23-20(19-9-13-24-14-10-19)21-11-8-18-7-4-12-22(16-18)15-17-5-2-1-3-6-17/h1-3,5-6,18-19H,4,7-16H2,(H,21,23). The fourth-order valence-electron chi connectivity index (χ4n) is 3.88. The van der Waals surface area contributed by atoms with Gasteiger partial charge in [-0.25, -0.2) is 0 Å². The molecule has 1 unspecified atom stereocenters. The molecule has 4 heteroatoms. The fraction of sp³-hybridized carbons (Fsp3) is 0.650. The highest BCUT2D eigenvalue weighted by atomic mass is 16.5. The predicted octanol–water partition coefficient (Wildman–Crippen LogP) is 2.83. The Morgan fingerprint density at radius 3 is 2.75 bits per heavy atom. The minimum absolute atomic E-state index is 0.166. The molecule has 0 aliphatic carbocycles. The van der Waals surface area contributed by atoms with Crippen molar-refractivity contribution in [2.75, 3.05) is 32.8 Å². The number of benzene rings is 1. The lowest BCUT2D eigenvalue weighted by atomic mass is 9.94. The third kappa shape index (κ3) is 5.32. The number of piperidine rings is 1. The quantitative estimate of drug-likeness (QED) is 0.872. The summed E-state index contributed by atoms with van der Waals surface area (Å²) >= 11 is 0. The molecule has 0 radical (unpaired) electrons. The summed E-state index contributed by atoms with van der Waals surface area (Å²) in [5.41, 5.74) is 1.39. The molecule has 1 N–H and O–H groups in total. The van der Waals surface area contributed by atoms with Crippen molar-refractivity contribution in [3.05, 3.63) is 35.9 Å². The Kier molecular flexibility index (Phi) is 6.67. The third-order valence-corrected chi connectivity index (χ3v) is 5.30. The van der Waals surface area contributed by atoms with Gasteiger partial charge >= 0.3 is 0 Å². The number of hydrogen-bond acceptors (Lipinski definition) is 3. The van der Waals surface area contributed by atoms with Crippen molar-refractivity contribution in [3.63, 3.8) is 0 Å². The number of rotatable bonds is 6. The summed E-state index contributed by atoms with van der Waals surface area (Å²) in [4.78, 5) is 14.7. The molecule has 0 bridgehead atoms. The van der Waals surface area contributed by atoms with Crippen LogP contribution in [0.25, 0.3) is 0 Å². The molecule has 24 heavy (non-hydrogen) atoms. The van der Waals surface area contributed by atoms with Gasteiger partial charge in [-0.1, -0.05) is 30.3 Å². The summed E-state index contributed by atoms with van der Waals surface area (Å²) in [5.74, 6) is 1.10. The van der Waals surface area contributed by atoms with Gasteiger partial charge in [0.05, 0.1) is 0 Å². The second kappa shape index (κ2) is 9.19. The van der Waals surface area contributed by atoms with Crippen LogP contribution in [0.5, 0.6) is 0 Å². The average Bonchev–Trinajstić information content (AvgIpc) is 2.63. The van der Waals surface area contributed by atoms with E-state index in [1.807, 2.05) is 0 Å². The van der Waals surface area contributed by atoms with Crippen LogP contribution in [0.3, 0.4) is 0 Å². The van der Waals surface area contributed by atoms with E-state index in [2.05, 4.69) is 40.5 Å². The van der Waals surface area contributed by atoms with Crippen molar-refractivity contribution >= 4 is 5.91 Å². The predicted molar refractivity (Wildman–Crippen MR) is 95.6 cm³/mol. The third-order valence-electron chi connectivity index (χ3n) is 5.30. The van der Waals surface area contributed by atoms with Gasteiger partial charge < -0.3 is 10.1 Å². The minimum atomic E-state index is 0.166. The Morgan fingerprint density at radius 2 is 1.96 bits per heavy atom. The molecule has 132 valence electrons. The summed E-state index contributed by atoms with van der Waals surface area (Å²) in [7, 11) is 0. The zero-order chi connectivity index (χ0) is 16.6. The highest BCUT2D eigenvalue weighted by Crippen LogP contribution is 2.21. The Balaban J connectivity index is 1.37. The molecular formula is C20H30N2O2. The molecular weight excluding hydrogens is 300 g/mol. The van der Waals surface area contributed by atoms with Crippen LogP contribution in [0, 0.1) is 11.8 Å². The summed E-state index contributed by atoms with van der Waals surface area (Å²) < 4.78 is 5.32. The van der Waals surface area contributed by atoms with Gasteiger partial charge in [-0.2, -0.15) is 0 Å².